The number of aromatic nitrogens is 3. The maximum absolute atomic E-state index is 12.2. The molecular weight excluding hydrogens is 458 g/mol. The van der Waals surface area contributed by atoms with E-state index in [1.54, 1.807) is 12.1 Å². The summed E-state index contributed by atoms with van der Waals surface area (Å²) >= 11 is 2.66. The van der Waals surface area contributed by atoms with Crippen molar-refractivity contribution in [1.29, 1.82) is 0 Å². The summed E-state index contributed by atoms with van der Waals surface area (Å²) in [5, 5.41) is 16.5. The van der Waals surface area contributed by atoms with Crippen LogP contribution in [0.15, 0.2) is 69.6 Å². The summed E-state index contributed by atoms with van der Waals surface area (Å²) in [5.41, 5.74) is 3.17. The third kappa shape index (κ3) is 6.74. The second-order valence-corrected chi connectivity index (χ2v) is 9.02. The fourth-order valence-electron chi connectivity index (χ4n) is 2.90. The number of nitrogens with one attached hydrogen (secondary N) is 2. The third-order valence-electron chi connectivity index (χ3n) is 4.45. The van der Waals surface area contributed by atoms with Crippen LogP contribution in [-0.4, -0.2) is 32.7 Å². The van der Waals surface area contributed by atoms with Crippen LogP contribution in [0.4, 0.5) is 10.8 Å². The largest absolute Gasteiger partial charge is 0.416 e. The number of aryl methyl sites for hydroxylation is 1. The van der Waals surface area contributed by atoms with Crippen molar-refractivity contribution in [3.8, 4) is 0 Å². The predicted octanol–water partition coefficient (Wildman–Crippen LogP) is 4.80. The maximum Gasteiger partial charge on any atom is 0.276 e. The van der Waals surface area contributed by atoms with E-state index in [0.717, 1.165) is 16.9 Å². The number of carbonyl (C=O) groups excluding carboxylic acids is 2. The molecule has 2 aromatic heterocycles. The zero-order chi connectivity index (χ0) is 23.0. The van der Waals surface area contributed by atoms with Gasteiger partial charge in [0.2, 0.25) is 11.8 Å². The Balaban J connectivity index is 1.23. The molecule has 4 rings (SSSR count). The molecule has 8 nitrogen and oxygen atoms in total. The van der Waals surface area contributed by atoms with Crippen molar-refractivity contribution < 1.29 is 14.0 Å². The highest BCUT2D eigenvalue weighted by atomic mass is 32.2. The molecule has 2 amide bonds. The molecule has 0 aliphatic heterocycles. The van der Waals surface area contributed by atoms with Crippen molar-refractivity contribution in [3.63, 3.8) is 0 Å². The van der Waals surface area contributed by atoms with E-state index in [1.165, 1.54) is 23.1 Å². The predicted molar refractivity (Wildman–Crippen MR) is 129 cm³/mol. The molecule has 0 fully saturated rings. The SMILES string of the molecule is Cc1cccc(NC(=O)CCSc2nnc(Cc3csc(NC(=O)c4ccccc4)n3)o2)c1. The highest BCUT2D eigenvalue weighted by molar-refractivity contribution is 7.99. The molecule has 0 radical (unpaired) electrons. The van der Waals surface area contributed by atoms with Crippen molar-refractivity contribution in [1.82, 2.24) is 15.2 Å². The van der Waals surface area contributed by atoms with Crippen LogP contribution in [0.5, 0.6) is 0 Å². The molecule has 0 spiro atoms. The standard InChI is InChI=1S/C23H21N5O3S2/c1-15-6-5-9-17(12-15)24-19(29)10-11-32-23-28-27-20(31-23)13-18-14-33-22(25-18)26-21(30)16-7-3-2-4-8-16/h2-9,12,14H,10-11,13H2,1H3,(H,24,29)(H,25,26,30). The van der Waals surface area contributed by atoms with Crippen LogP contribution in [-0.2, 0) is 11.2 Å². The van der Waals surface area contributed by atoms with Crippen molar-refractivity contribution in [3.05, 3.63) is 82.7 Å². The minimum Gasteiger partial charge on any atom is -0.416 e. The van der Waals surface area contributed by atoms with Crippen LogP contribution in [0.1, 0.15) is 33.9 Å². The number of amides is 2. The third-order valence-corrected chi connectivity index (χ3v) is 6.07. The zero-order valence-corrected chi connectivity index (χ0v) is 19.4. The second kappa shape index (κ2) is 10.9. The number of anilines is 2. The fourth-order valence-corrected chi connectivity index (χ4v) is 4.33. The normalized spacial score (nSPS) is 10.7. The summed E-state index contributed by atoms with van der Waals surface area (Å²) in [6.07, 6.45) is 0.687. The Labute approximate surface area is 198 Å². The number of thiazole rings is 1. The summed E-state index contributed by atoms with van der Waals surface area (Å²) in [6.45, 7) is 1.98. The molecule has 4 aromatic rings. The van der Waals surface area contributed by atoms with Gasteiger partial charge in [-0.05, 0) is 36.8 Å². The molecule has 0 bridgehead atoms. The Morgan fingerprint density at radius 1 is 1.06 bits per heavy atom. The molecule has 2 aromatic carbocycles. The van der Waals surface area contributed by atoms with Gasteiger partial charge in [0.15, 0.2) is 5.13 Å². The van der Waals surface area contributed by atoms with E-state index in [9.17, 15) is 9.59 Å². The van der Waals surface area contributed by atoms with Crippen molar-refractivity contribution in [2.75, 3.05) is 16.4 Å². The summed E-state index contributed by atoms with van der Waals surface area (Å²) in [7, 11) is 0. The number of carbonyl (C=O) groups is 2. The van der Waals surface area contributed by atoms with Gasteiger partial charge >= 0.3 is 0 Å². The van der Waals surface area contributed by atoms with Gasteiger partial charge in [-0.2, -0.15) is 0 Å². The lowest BCUT2D eigenvalue weighted by atomic mass is 10.2. The average molecular weight is 480 g/mol. The second-order valence-electron chi connectivity index (χ2n) is 7.12. The first-order valence-electron chi connectivity index (χ1n) is 10.2. The van der Waals surface area contributed by atoms with Gasteiger partial charge in [-0.25, -0.2) is 4.98 Å². The molecule has 2 N–H and O–H groups in total. The van der Waals surface area contributed by atoms with Gasteiger partial charge in [0, 0.05) is 28.8 Å². The summed E-state index contributed by atoms with van der Waals surface area (Å²) in [4.78, 5) is 28.7. The molecule has 10 heteroatoms. The first-order valence-corrected chi connectivity index (χ1v) is 12.0. The number of benzene rings is 2. The zero-order valence-electron chi connectivity index (χ0n) is 17.8. The van der Waals surface area contributed by atoms with E-state index in [2.05, 4.69) is 25.8 Å². The molecular formula is C23H21N5O3S2. The minimum absolute atomic E-state index is 0.0691. The quantitative estimate of drug-likeness (QED) is 0.332. The monoisotopic (exact) mass is 479 g/mol. The molecule has 0 aliphatic carbocycles. The first-order chi connectivity index (χ1) is 16.0. The number of thioether (sulfide) groups is 1. The van der Waals surface area contributed by atoms with Crippen LogP contribution in [0, 0.1) is 6.92 Å². The number of hydrogen-bond acceptors (Lipinski definition) is 8. The van der Waals surface area contributed by atoms with Crippen molar-refractivity contribution >= 4 is 45.7 Å². The number of rotatable bonds is 9. The van der Waals surface area contributed by atoms with Crippen LogP contribution < -0.4 is 10.6 Å². The summed E-state index contributed by atoms with van der Waals surface area (Å²) in [6, 6.07) is 16.6. The van der Waals surface area contributed by atoms with Gasteiger partial charge in [0.25, 0.3) is 11.1 Å². The Morgan fingerprint density at radius 2 is 1.91 bits per heavy atom. The Bertz CT molecular complexity index is 1240. The van der Waals surface area contributed by atoms with E-state index in [1.807, 2.05) is 54.8 Å². The van der Waals surface area contributed by atoms with E-state index in [4.69, 9.17) is 4.42 Å². The van der Waals surface area contributed by atoms with Gasteiger partial charge < -0.3 is 9.73 Å². The van der Waals surface area contributed by atoms with E-state index in [-0.39, 0.29) is 11.8 Å². The molecule has 0 unspecified atom stereocenters. The van der Waals surface area contributed by atoms with E-state index >= 15 is 0 Å². The van der Waals surface area contributed by atoms with Gasteiger partial charge in [0.1, 0.15) is 0 Å². The highest BCUT2D eigenvalue weighted by Gasteiger charge is 2.13. The molecule has 0 aliphatic rings. The molecule has 0 saturated heterocycles. The van der Waals surface area contributed by atoms with Crippen molar-refractivity contribution in [2.45, 2.75) is 25.0 Å². The Morgan fingerprint density at radius 3 is 2.73 bits per heavy atom. The van der Waals surface area contributed by atoms with Crippen LogP contribution in [0.25, 0.3) is 0 Å². The lowest BCUT2D eigenvalue weighted by Gasteiger charge is -2.05. The van der Waals surface area contributed by atoms with Crippen molar-refractivity contribution in [2.24, 2.45) is 0 Å². The highest BCUT2D eigenvalue weighted by Crippen LogP contribution is 2.22. The van der Waals surface area contributed by atoms with E-state index in [0.29, 0.717) is 40.4 Å². The van der Waals surface area contributed by atoms with Gasteiger partial charge in [0.05, 0.1) is 12.1 Å². The number of nitrogens with zero attached hydrogens (tertiary/aromatic N) is 3. The van der Waals surface area contributed by atoms with Gasteiger partial charge in [-0.15, -0.1) is 21.5 Å². The lowest BCUT2D eigenvalue weighted by Crippen LogP contribution is -2.12. The smallest absolute Gasteiger partial charge is 0.276 e. The Hall–Kier alpha value is -3.50. The van der Waals surface area contributed by atoms with Gasteiger partial charge in [-0.3, -0.25) is 14.9 Å². The lowest BCUT2D eigenvalue weighted by molar-refractivity contribution is -0.115. The average Bonchev–Trinajstić information content (AvgIpc) is 3.44. The van der Waals surface area contributed by atoms with Crippen LogP contribution in [0.3, 0.4) is 0 Å². The molecule has 168 valence electrons. The summed E-state index contributed by atoms with van der Waals surface area (Å²) in [5.74, 6) is 0.666. The molecule has 0 atom stereocenters. The van der Waals surface area contributed by atoms with E-state index < -0.39 is 0 Å². The number of hydrogen-bond donors (Lipinski definition) is 2. The van der Waals surface area contributed by atoms with Gasteiger partial charge in [-0.1, -0.05) is 42.1 Å². The molecule has 0 saturated carbocycles. The van der Waals surface area contributed by atoms with Crippen LogP contribution >= 0.6 is 23.1 Å². The first kappa shape index (κ1) is 22.7. The van der Waals surface area contributed by atoms with Crippen LogP contribution in [0.2, 0.25) is 0 Å². The summed E-state index contributed by atoms with van der Waals surface area (Å²) < 4.78 is 5.65. The fraction of sp³-hybridized carbons (Fsp3) is 0.174. The molecule has 33 heavy (non-hydrogen) atoms. The Kier molecular flexibility index (Phi) is 7.48. The minimum atomic E-state index is -0.209. The maximum atomic E-state index is 12.2. The molecule has 2 heterocycles. The topological polar surface area (TPSA) is 110 Å².